The molecule has 0 saturated heterocycles. The summed E-state index contributed by atoms with van der Waals surface area (Å²) in [6, 6.07) is 10.2. The molecule has 0 bridgehead atoms. The van der Waals surface area contributed by atoms with Crippen LogP contribution in [0.1, 0.15) is 50.7 Å². The van der Waals surface area contributed by atoms with Gasteiger partial charge in [0, 0.05) is 12.1 Å². The molecule has 1 aromatic carbocycles. The molecule has 0 aromatic heterocycles. The predicted molar refractivity (Wildman–Crippen MR) is 74.4 cm³/mol. The number of rotatable bonds is 4. The number of benzene rings is 1. The van der Waals surface area contributed by atoms with Crippen molar-refractivity contribution in [2.75, 3.05) is 0 Å². The van der Waals surface area contributed by atoms with Crippen molar-refractivity contribution in [1.82, 2.24) is 5.32 Å². The van der Waals surface area contributed by atoms with Crippen LogP contribution in [0.15, 0.2) is 24.3 Å². The van der Waals surface area contributed by atoms with E-state index >= 15 is 0 Å². The topological polar surface area (TPSA) is 12.0 Å². The lowest BCUT2D eigenvalue weighted by atomic mass is 9.74. The van der Waals surface area contributed by atoms with Gasteiger partial charge in [-0.25, -0.2) is 0 Å². The molecule has 1 nitrogen and oxygen atoms in total. The van der Waals surface area contributed by atoms with Crippen molar-refractivity contribution in [1.29, 1.82) is 0 Å². The molecule has 1 heteroatoms. The maximum absolute atomic E-state index is 3.73. The van der Waals surface area contributed by atoms with E-state index in [1.54, 1.807) is 5.56 Å². The zero-order valence-corrected chi connectivity index (χ0v) is 11.5. The molecule has 94 valence electrons. The van der Waals surface area contributed by atoms with Crippen LogP contribution >= 0.6 is 0 Å². The van der Waals surface area contributed by atoms with E-state index in [1.807, 2.05) is 0 Å². The largest absolute Gasteiger partial charge is 0.311 e. The first kappa shape index (κ1) is 12.6. The molecular formula is C16H25N. The minimum Gasteiger partial charge on any atom is -0.311 e. The van der Waals surface area contributed by atoms with Crippen molar-refractivity contribution in [2.45, 2.75) is 58.5 Å². The molecule has 0 radical (unpaired) electrons. The maximum atomic E-state index is 3.73. The molecule has 1 fully saturated rings. The third kappa shape index (κ3) is 2.90. The third-order valence-electron chi connectivity index (χ3n) is 4.26. The zero-order valence-electron chi connectivity index (χ0n) is 11.5. The van der Waals surface area contributed by atoms with Crippen LogP contribution in [0.5, 0.6) is 0 Å². The number of hydrogen-bond acceptors (Lipinski definition) is 1. The quantitative estimate of drug-likeness (QED) is 0.829. The monoisotopic (exact) mass is 231 g/mol. The standard InChI is InChI=1S/C16H25N/c1-11(2)13(4)17-15-9-14(10-15)16-8-6-5-7-12(16)3/h5-8,11,13-15,17H,9-10H2,1-4H3. The summed E-state index contributed by atoms with van der Waals surface area (Å²) < 4.78 is 0. The van der Waals surface area contributed by atoms with Gasteiger partial charge < -0.3 is 5.32 Å². The van der Waals surface area contributed by atoms with E-state index < -0.39 is 0 Å². The summed E-state index contributed by atoms with van der Waals surface area (Å²) in [4.78, 5) is 0. The lowest BCUT2D eigenvalue weighted by molar-refractivity contribution is 0.248. The summed E-state index contributed by atoms with van der Waals surface area (Å²) in [6.45, 7) is 9.10. The highest BCUT2D eigenvalue weighted by Gasteiger charge is 2.31. The second-order valence-corrected chi connectivity index (χ2v) is 5.92. The molecule has 0 heterocycles. The van der Waals surface area contributed by atoms with E-state index in [2.05, 4.69) is 57.3 Å². The van der Waals surface area contributed by atoms with Crippen LogP contribution in [0.3, 0.4) is 0 Å². The van der Waals surface area contributed by atoms with Gasteiger partial charge in [-0.05, 0) is 49.7 Å². The smallest absolute Gasteiger partial charge is 0.00813 e. The fourth-order valence-corrected chi connectivity index (χ4v) is 2.62. The van der Waals surface area contributed by atoms with E-state index in [0.717, 1.165) is 17.9 Å². The first-order valence-corrected chi connectivity index (χ1v) is 6.89. The SMILES string of the molecule is Cc1ccccc1C1CC(NC(C)C(C)C)C1. The Morgan fingerprint density at radius 3 is 2.35 bits per heavy atom. The van der Waals surface area contributed by atoms with Crippen molar-refractivity contribution in [3.05, 3.63) is 35.4 Å². The Hall–Kier alpha value is -0.820. The van der Waals surface area contributed by atoms with Gasteiger partial charge in [0.2, 0.25) is 0 Å². The highest BCUT2D eigenvalue weighted by Crippen LogP contribution is 2.38. The minimum atomic E-state index is 0.637. The summed E-state index contributed by atoms with van der Waals surface area (Å²) in [5.41, 5.74) is 3.01. The molecule has 1 atom stereocenters. The molecule has 0 amide bonds. The first-order valence-electron chi connectivity index (χ1n) is 6.89. The number of nitrogens with one attached hydrogen (secondary N) is 1. The number of hydrogen-bond donors (Lipinski definition) is 1. The Bertz CT molecular complexity index is 364. The normalized spacial score (nSPS) is 25.7. The van der Waals surface area contributed by atoms with Crippen LogP contribution < -0.4 is 5.32 Å². The van der Waals surface area contributed by atoms with Crippen molar-refractivity contribution < 1.29 is 0 Å². The van der Waals surface area contributed by atoms with Crippen molar-refractivity contribution in [3.63, 3.8) is 0 Å². The Balaban J connectivity index is 1.85. The van der Waals surface area contributed by atoms with Gasteiger partial charge >= 0.3 is 0 Å². The van der Waals surface area contributed by atoms with Crippen molar-refractivity contribution >= 4 is 0 Å². The maximum Gasteiger partial charge on any atom is 0.00813 e. The predicted octanol–water partition coefficient (Wildman–Crippen LogP) is 3.88. The van der Waals surface area contributed by atoms with E-state index in [1.165, 1.54) is 18.4 Å². The highest BCUT2D eigenvalue weighted by molar-refractivity contribution is 5.31. The van der Waals surface area contributed by atoms with Crippen molar-refractivity contribution in [2.24, 2.45) is 5.92 Å². The fraction of sp³-hybridized carbons (Fsp3) is 0.625. The summed E-state index contributed by atoms with van der Waals surface area (Å²) in [5.74, 6) is 1.51. The van der Waals surface area contributed by atoms with Crippen LogP contribution in [-0.2, 0) is 0 Å². The molecule has 0 aliphatic heterocycles. The zero-order chi connectivity index (χ0) is 12.4. The molecule has 1 N–H and O–H groups in total. The highest BCUT2D eigenvalue weighted by atomic mass is 15.0. The molecule has 1 aliphatic carbocycles. The van der Waals surface area contributed by atoms with E-state index in [0.29, 0.717) is 6.04 Å². The Labute approximate surface area is 106 Å². The van der Waals surface area contributed by atoms with Gasteiger partial charge in [-0.15, -0.1) is 0 Å². The average molecular weight is 231 g/mol. The van der Waals surface area contributed by atoms with Gasteiger partial charge in [0.1, 0.15) is 0 Å². The molecule has 1 unspecified atom stereocenters. The van der Waals surface area contributed by atoms with Crippen LogP contribution in [0, 0.1) is 12.8 Å². The lowest BCUT2D eigenvalue weighted by Crippen LogP contribution is -2.46. The fourth-order valence-electron chi connectivity index (χ4n) is 2.62. The molecule has 1 saturated carbocycles. The lowest BCUT2D eigenvalue weighted by Gasteiger charge is -2.39. The van der Waals surface area contributed by atoms with Crippen LogP contribution in [0.2, 0.25) is 0 Å². The van der Waals surface area contributed by atoms with Gasteiger partial charge in [0.25, 0.3) is 0 Å². The van der Waals surface area contributed by atoms with Crippen LogP contribution in [-0.4, -0.2) is 12.1 Å². The Morgan fingerprint density at radius 1 is 1.12 bits per heavy atom. The summed E-state index contributed by atoms with van der Waals surface area (Å²) in [6.07, 6.45) is 2.61. The molecule has 17 heavy (non-hydrogen) atoms. The average Bonchev–Trinajstić information content (AvgIpc) is 2.24. The van der Waals surface area contributed by atoms with E-state index in [9.17, 15) is 0 Å². The Morgan fingerprint density at radius 2 is 1.76 bits per heavy atom. The van der Waals surface area contributed by atoms with Gasteiger partial charge in [0.15, 0.2) is 0 Å². The van der Waals surface area contributed by atoms with Gasteiger partial charge in [-0.1, -0.05) is 38.1 Å². The van der Waals surface area contributed by atoms with Crippen LogP contribution in [0.25, 0.3) is 0 Å². The molecule has 1 aliphatic rings. The first-order chi connectivity index (χ1) is 8.08. The van der Waals surface area contributed by atoms with Gasteiger partial charge in [-0.2, -0.15) is 0 Å². The third-order valence-corrected chi connectivity index (χ3v) is 4.26. The molecule has 2 rings (SSSR count). The summed E-state index contributed by atoms with van der Waals surface area (Å²) in [7, 11) is 0. The van der Waals surface area contributed by atoms with Crippen molar-refractivity contribution in [3.8, 4) is 0 Å². The molecule has 0 spiro atoms. The van der Waals surface area contributed by atoms with E-state index in [-0.39, 0.29) is 0 Å². The van der Waals surface area contributed by atoms with Crippen LogP contribution in [0.4, 0.5) is 0 Å². The Kier molecular flexibility index (Phi) is 3.88. The molecule has 1 aromatic rings. The second kappa shape index (κ2) is 5.22. The van der Waals surface area contributed by atoms with Gasteiger partial charge in [0.05, 0.1) is 0 Å². The van der Waals surface area contributed by atoms with Gasteiger partial charge in [-0.3, -0.25) is 0 Å². The number of aryl methyl sites for hydroxylation is 1. The second-order valence-electron chi connectivity index (χ2n) is 5.92. The molecular weight excluding hydrogens is 206 g/mol. The summed E-state index contributed by atoms with van der Waals surface area (Å²) in [5, 5.41) is 3.73. The minimum absolute atomic E-state index is 0.637. The summed E-state index contributed by atoms with van der Waals surface area (Å²) >= 11 is 0. The van der Waals surface area contributed by atoms with E-state index in [4.69, 9.17) is 0 Å².